The molecule has 1 heterocycles. The van der Waals surface area contributed by atoms with Gasteiger partial charge in [-0.3, -0.25) is 9.59 Å². The quantitative estimate of drug-likeness (QED) is 0.861. The van der Waals surface area contributed by atoms with Crippen molar-refractivity contribution in [3.63, 3.8) is 0 Å². The summed E-state index contributed by atoms with van der Waals surface area (Å²) in [6, 6.07) is 4.78. The lowest BCUT2D eigenvalue weighted by molar-refractivity contribution is -0.139. The van der Waals surface area contributed by atoms with Crippen LogP contribution in [0, 0.1) is 0 Å². The minimum Gasteiger partial charge on any atom is -0.481 e. The van der Waals surface area contributed by atoms with Crippen LogP contribution in [-0.4, -0.2) is 34.5 Å². The number of carbonyl (C=O) groups excluding carboxylic acids is 1. The number of nitrogens with zero attached hydrogens (tertiary/aromatic N) is 1. The van der Waals surface area contributed by atoms with Crippen LogP contribution in [-0.2, 0) is 9.59 Å². The maximum Gasteiger partial charge on any atom is 0.305 e. The molecule has 0 bridgehead atoms. The van der Waals surface area contributed by atoms with Crippen LogP contribution in [0.4, 0.5) is 0 Å². The number of carbonyl (C=O) groups is 2. The van der Waals surface area contributed by atoms with Gasteiger partial charge in [-0.25, -0.2) is 0 Å². The van der Waals surface area contributed by atoms with E-state index >= 15 is 0 Å². The first-order chi connectivity index (χ1) is 9.97. The van der Waals surface area contributed by atoms with Gasteiger partial charge in [-0.2, -0.15) is 0 Å². The molecule has 0 spiro atoms. The number of amides is 1. The summed E-state index contributed by atoms with van der Waals surface area (Å²) >= 11 is 11.9. The summed E-state index contributed by atoms with van der Waals surface area (Å²) in [7, 11) is 0. The molecule has 21 heavy (non-hydrogen) atoms. The van der Waals surface area contributed by atoms with Gasteiger partial charge in [-0.05, 0) is 42.7 Å². The predicted molar refractivity (Wildman–Crippen MR) is 82.5 cm³/mol. The number of carboxylic acids is 1. The van der Waals surface area contributed by atoms with Crippen molar-refractivity contribution in [3.05, 3.63) is 39.9 Å². The minimum absolute atomic E-state index is 0.0164. The summed E-state index contributed by atoms with van der Waals surface area (Å²) in [4.78, 5) is 24.6. The molecule has 1 atom stereocenters. The van der Waals surface area contributed by atoms with E-state index in [1.165, 1.54) is 6.08 Å². The van der Waals surface area contributed by atoms with Gasteiger partial charge in [0.05, 0.1) is 6.42 Å². The van der Waals surface area contributed by atoms with Gasteiger partial charge in [-0.15, -0.1) is 0 Å². The van der Waals surface area contributed by atoms with Gasteiger partial charge in [-0.1, -0.05) is 23.2 Å². The number of benzene rings is 1. The fraction of sp³-hybridized carbons (Fsp3) is 0.333. The Bertz CT molecular complexity index is 586. The molecule has 1 aliphatic heterocycles. The normalized spacial score (nSPS) is 18.4. The Labute approximate surface area is 133 Å². The molecular weight excluding hydrogens is 313 g/mol. The SMILES string of the molecule is O=C(O)CC1CCCN1C(=O)C=Cc1cc(Cl)ccc1Cl. The van der Waals surface area contributed by atoms with E-state index in [1.807, 2.05) is 0 Å². The standard InChI is InChI=1S/C15H15Cl2NO3/c16-11-4-5-13(17)10(8-11)3-6-14(19)18-7-1-2-12(18)9-15(20)21/h3-6,8,12H,1-2,7,9H2,(H,20,21). The van der Waals surface area contributed by atoms with E-state index in [0.717, 1.165) is 12.8 Å². The van der Waals surface area contributed by atoms with Crippen molar-refractivity contribution in [2.75, 3.05) is 6.54 Å². The highest BCUT2D eigenvalue weighted by Gasteiger charge is 2.29. The molecule has 1 aromatic rings. The monoisotopic (exact) mass is 327 g/mol. The third-order valence-corrected chi connectivity index (χ3v) is 4.01. The number of hydrogen-bond acceptors (Lipinski definition) is 2. The van der Waals surface area contributed by atoms with Gasteiger partial charge in [0.1, 0.15) is 0 Å². The Balaban J connectivity index is 2.08. The first-order valence-electron chi connectivity index (χ1n) is 6.63. The molecule has 1 amide bonds. The molecule has 0 saturated carbocycles. The van der Waals surface area contributed by atoms with Crippen LogP contribution in [0.2, 0.25) is 10.0 Å². The topological polar surface area (TPSA) is 57.6 Å². The molecule has 2 rings (SSSR count). The van der Waals surface area contributed by atoms with E-state index in [4.69, 9.17) is 28.3 Å². The Morgan fingerprint density at radius 3 is 2.86 bits per heavy atom. The van der Waals surface area contributed by atoms with Crippen molar-refractivity contribution in [1.29, 1.82) is 0 Å². The van der Waals surface area contributed by atoms with Gasteiger partial charge >= 0.3 is 5.97 Å². The van der Waals surface area contributed by atoms with Crippen LogP contribution in [0.15, 0.2) is 24.3 Å². The third kappa shape index (κ3) is 4.22. The first-order valence-corrected chi connectivity index (χ1v) is 7.38. The second-order valence-corrected chi connectivity index (χ2v) is 5.77. The summed E-state index contributed by atoms with van der Waals surface area (Å²) in [6.45, 7) is 0.588. The van der Waals surface area contributed by atoms with Gasteiger partial charge in [0, 0.05) is 28.7 Å². The van der Waals surface area contributed by atoms with E-state index in [1.54, 1.807) is 29.2 Å². The maximum atomic E-state index is 12.2. The van der Waals surface area contributed by atoms with Crippen molar-refractivity contribution in [1.82, 2.24) is 4.90 Å². The van der Waals surface area contributed by atoms with Crippen LogP contribution < -0.4 is 0 Å². The predicted octanol–water partition coefficient (Wildman–Crippen LogP) is 3.47. The Hall–Kier alpha value is -1.52. The number of likely N-dealkylation sites (tertiary alicyclic amines) is 1. The lowest BCUT2D eigenvalue weighted by atomic mass is 10.1. The second kappa shape index (κ2) is 6.96. The minimum atomic E-state index is -0.887. The number of aliphatic carboxylic acids is 1. The average molecular weight is 328 g/mol. The molecule has 6 heteroatoms. The van der Waals surface area contributed by atoms with E-state index in [9.17, 15) is 9.59 Å². The molecule has 1 fully saturated rings. The summed E-state index contributed by atoms with van der Waals surface area (Å²) in [5, 5.41) is 9.90. The van der Waals surface area contributed by atoms with Crippen LogP contribution in [0.5, 0.6) is 0 Å². The zero-order valence-electron chi connectivity index (χ0n) is 11.3. The lowest BCUT2D eigenvalue weighted by Gasteiger charge is -2.21. The highest BCUT2D eigenvalue weighted by atomic mass is 35.5. The molecule has 0 radical (unpaired) electrons. The van der Waals surface area contributed by atoms with E-state index < -0.39 is 5.97 Å². The van der Waals surface area contributed by atoms with Gasteiger partial charge in [0.15, 0.2) is 0 Å². The second-order valence-electron chi connectivity index (χ2n) is 4.92. The average Bonchev–Trinajstić information content (AvgIpc) is 2.86. The first kappa shape index (κ1) is 15.9. The fourth-order valence-electron chi connectivity index (χ4n) is 2.44. The molecule has 1 unspecified atom stereocenters. The van der Waals surface area contributed by atoms with E-state index in [2.05, 4.69) is 0 Å². The largest absolute Gasteiger partial charge is 0.481 e. The van der Waals surface area contributed by atoms with Crippen molar-refractivity contribution in [3.8, 4) is 0 Å². The van der Waals surface area contributed by atoms with Crippen molar-refractivity contribution in [2.45, 2.75) is 25.3 Å². The molecule has 0 aliphatic carbocycles. The van der Waals surface area contributed by atoms with Gasteiger partial charge < -0.3 is 10.0 Å². The smallest absolute Gasteiger partial charge is 0.305 e. The highest BCUT2D eigenvalue weighted by molar-refractivity contribution is 6.34. The van der Waals surface area contributed by atoms with Crippen molar-refractivity contribution in [2.24, 2.45) is 0 Å². The highest BCUT2D eigenvalue weighted by Crippen LogP contribution is 2.23. The van der Waals surface area contributed by atoms with Crippen LogP contribution in [0.25, 0.3) is 6.08 Å². The molecule has 1 N–H and O–H groups in total. The Morgan fingerprint density at radius 2 is 2.14 bits per heavy atom. The van der Waals surface area contributed by atoms with Crippen molar-refractivity contribution >= 4 is 41.2 Å². The van der Waals surface area contributed by atoms with Crippen LogP contribution >= 0.6 is 23.2 Å². The van der Waals surface area contributed by atoms with Crippen LogP contribution in [0.1, 0.15) is 24.8 Å². The zero-order valence-corrected chi connectivity index (χ0v) is 12.8. The Kier molecular flexibility index (Phi) is 5.26. The van der Waals surface area contributed by atoms with Gasteiger partial charge in [0.2, 0.25) is 5.91 Å². The lowest BCUT2D eigenvalue weighted by Crippen LogP contribution is -2.35. The fourth-order valence-corrected chi connectivity index (χ4v) is 2.80. The van der Waals surface area contributed by atoms with Crippen molar-refractivity contribution < 1.29 is 14.7 Å². The number of carboxylic acid groups (broad SMARTS) is 1. The van der Waals surface area contributed by atoms with E-state index in [-0.39, 0.29) is 18.4 Å². The number of hydrogen-bond donors (Lipinski definition) is 1. The summed E-state index contributed by atoms with van der Waals surface area (Å²) in [5.74, 6) is -1.09. The molecule has 1 aliphatic rings. The van der Waals surface area contributed by atoms with Gasteiger partial charge in [0.25, 0.3) is 0 Å². The summed E-state index contributed by atoms with van der Waals surface area (Å²) in [6.07, 6.45) is 4.56. The Morgan fingerprint density at radius 1 is 1.38 bits per heavy atom. The molecule has 1 aromatic carbocycles. The molecule has 1 saturated heterocycles. The molecule has 112 valence electrons. The van der Waals surface area contributed by atoms with Crippen LogP contribution in [0.3, 0.4) is 0 Å². The summed E-state index contributed by atoms with van der Waals surface area (Å²) in [5.41, 5.74) is 0.659. The maximum absolute atomic E-state index is 12.2. The molecule has 0 aromatic heterocycles. The number of halogens is 2. The third-order valence-electron chi connectivity index (χ3n) is 3.43. The molecule has 4 nitrogen and oxygen atoms in total. The van der Waals surface area contributed by atoms with E-state index in [0.29, 0.717) is 22.2 Å². The summed E-state index contributed by atoms with van der Waals surface area (Å²) < 4.78 is 0. The number of rotatable bonds is 4. The molecular formula is C15H15Cl2NO3. The zero-order chi connectivity index (χ0) is 15.4.